The van der Waals surface area contributed by atoms with E-state index in [1.165, 1.54) is 12.0 Å². The van der Waals surface area contributed by atoms with Crippen molar-refractivity contribution in [3.63, 3.8) is 0 Å². The zero-order valence-corrected chi connectivity index (χ0v) is 13.0. The number of carbonyl (C=O) groups excluding carboxylic acids is 1. The Morgan fingerprint density at radius 2 is 2.15 bits per heavy atom. The third kappa shape index (κ3) is 2.90. The van der Waals surface area contributed by atoms with Gasteiger partial charge in [0.1, 0.15) is 11.9 Å². The monoisotopic (exact) mass is 339 g/mol. The summed E-state index contributed by atoms with van der Waals surface area (Å²) in [5.74, 6) is 0.576. The van der Waals surface area contributed by atoms with E-state index in [1.807, 2.05) is 0 Å². The summed E-state index contributed by atoms with van der Waals surface area (Å²) in [7, 11) is 1.52. The highest BCUT2D eigenvalue weighted by Crippen LogP contribution is 2.37. The molecule has 1 aliphatic heterocycles. The van der Waals surface area contributed by atoms with Gasteiger partial charge in [-0.05, 0) is 31.0 Å². The van der Waals surface area contributed by atoms with Crippen LogP contribution in [0.5, 0.6) is 5.75 Å². The second kappa shape index (κ2) is 6.26. The number of carbonyl (C=O) groups is 1. The van der Waals surface area contributed by atoms with Gasteiger partial charge >= 0.3 is 6.03 Å². The third-order valence-electron chi connectivity index (χ3n) is 2.75. The molecule has 2 rings (SSSR count). The average Bonchev–Trinajstić information content (AvgIpc) is 2.62. The van der Waals surface area contributed by atoms with E-state index in [-0.39, 0.29) is 5.23 Å². The molecule has 1 atom stereocenters. The van der Waals surface area contributed by atoms with Gasteiger partial charge in [-0.3, -0.25) is 4.90 Å². The molecule has 5 nitrogen and oxygen atoms in total. The van der Waals surface area contributed by atoms with Crippen molar-refractivity contribution in [1.82, 2.24) is 9.65 Å². The molecule has 1 unspecified atom stereocenters. The van der Waals surface area contributed by atoms with Crippen molar-refractivity contribution in [2.45, 2.75) is 17.3 Å². The van der Waals surface area contributed by atoms with Crippen LogP contribution in [-0.2, 0) is 0 Å². The lowest BCUT2D eigenvalue weighted by Crippen LogP contribution is -2.34. The largest absolute Gasteiger partial charge is 0.497 e. The molecule has 2 amide bonds. The Morgan fingerprint density at radius 1 is 1.45 bits per heavy atom. The second-order valence-corrected chi connectivity index (χ2v) is 6.58. The van der Waals surface area contributed by atoms with Gasteiger partial charge in [0.25, 0.3) is 0 Å². The number of methoxy groups -OCH3 is 1. The van der Waals surface area contributed by atoms with Crippen molar-refractivity contribution in [3.8, 4) is 5.75 Å². The summed E-state index contributed by atoms with van der Waals surface area (Å²) in [6.45, 7) is 1.67. The van der Waals surface area contributed by atoms with Gasteiger partial charge in [-0.25, -0.2) is 4.79 Å². The predicted molar refractivity (Wildman–Crippen MR) is 78.2 cm³/mol. The summed E-state index contributed by atoms with van der Waals surface area (Å²) in [6.07, 6.45) is -0.579. The van der Waals surface area contributed by atoms with Gasteiger partial charge in [0.15, 0.2) is 4.17 Å². The quantitative estimate of drug-likeness (QED) is 0.475. The van der Waals surface area contributed by atoms with Crippen LogP contribution in [0.1, 0.15) is 6.92 Å². The van der Waals surface area contributed by atoms with Crippen LogP contribution in [0.3, 0.4) is 0 Å². The van der Waals surface area contributed by atoms with E-state index >= 15 is 0 Å². The summed E-state index contributed by atoms with van der Waals surface area (Å²) < 4.78 is 19.2. The highest BCUT2D eigenvalue weighted by molar-refractivity contribution is 8.00. The first kappa shape index (κ1) is 15.5. The minimum atomic E-state index is -0.881. The average molecular weight is 340 g/mol. The Hall–Kier alpha value is -0.890. The number of nitrogens with zero attached hydrogens (tertiary/aromatic N) is 3. The van der Waals surface area contributed by atoms with Crippen LogP contribution in [0.4, 0.5) is 15.0 Å². The Morgan fingerprint density at radius 3 is 2.75 bits per heavy atom. The standard InChI is InChI=1S/C11H12Cl2FN3O2S/c1-7-15(8-4-3-5-9(6-8)19-2)11(18)16(14)17(7)20-10(12)13/h3-7,10H,1-2H3. The molecule has 0 aromatic heterocycles. The lowest BCUT2D eigenvalue weighted by Gasteiger charge is -2.24. The number of urea groups is 1. The van der Waals surface area contributed by atoms with Gasteiger partial charge in [-0.1, -0.05) is 39.0 Å². The Kier molecular flexibility index (Phi) is 4.85. The van der Waals surface area contributed by atoms with Gasteiger partial charge in [0.2, 0.25) is 0 Å². The van der Waals surface area contributed by atoms with E-state index < -0.39 is 16.4 Å². The minimum Gasteiger partial charge on any atom is -0.497 e. The number of anilines is 1. The number of amides is 2. The zero-order valence-electron chi connectivity index (χ0n) is 10.7. The molecule has 1 fully saturated rings. The van der Waals surface area contributed by atoms with Gasteiger partial charge in [0.05, 0.1) is 12.8 Å². The van der Waals surface area contributed by atoms with Gasteiger partial charge in [-0.2, -0.15) is 0 Å². The van der Waals surface area contributed by atoms with Crippen molar-refractivity contribution in [2.75, 3.05) is 12.0 Å². The molecule has 9 heteroatoms. The van der Waals surface area contributed by atoms with E-state index in [2.05, 4.69) is 0 Å². The fourth-order valence-corrected chi connectivity index (χ4v) is 2.95. The number of hydrogen-bond acceptors (Lipinski definition) is 4. The van der Waals surface area contributed by atoms with E-state index in [4.69, 9.17) is 27.9 Å². The lowest BCUT2D eigenvalue weighted by atomic mass is 10.2. The van der Waals surface area contributed by atoms with Crippen molar-refractivity contribution in [2.24, 2.45) is 0 Å². The number of rotatable bonds is 4. The lowest BCUT2D eigenvalue weighted by molar-refractivity contribution is -0.0427. The van der Waals surface area contributed by atoms with Crippen LogP contribution in [0.25, 0.3) is 0 Å². The summed E-state index contributed by atoms with van der Waals surface area (Å²) >= 11 is 12.1. The van der Waals surface area contributed by atoms with E-state index in [0.29, 0.717) is 11.4 Å². The number of halogens is 3. The molecule has 110 valence electrons. The molecule has 0 spiro atoms. The fourth-order valence-electron chi connectivity index (χ4n) is 1.88. The van der Waals surface area contributed by atoms with Crippen LogP contribution < -0.4 is 9.64 Å². The van der Waals surface area contributed by atoms with Crippen LogP contribution in [-0.4, -0.2) is 33.1 Å². The second-order valence-electron chi connectivity index (χ2n) is 3.91. The number of hydrazine groups is 1. The van der Waals surface area contributed by atoms with Crippen molar-refractivity contribution >= 4 is 46.9 Å². The van der Waals surface area contributed by atoms with Crippen LogP contribution in [0, 0.1) is 0 Å². The third-order valence-corrected chi connectivity index (χ3v) is 4.05. The zero-order chi connectivity index (χ0) is 14.9. The Balaban J connectivity index is 2.29. The van der Waals surface area contributed by atoms with Crippen LogP contribution in [0.15, 0.2) is 24.3 Å². The highest BCUT2D eigenvalue weighted by atomic mass is 35.5. The molecule has 0 aliphatic carbocycles. The topological polar surface area (TPSA) is 36.0 Å². The van der Waals surface area contributed by atoms with Crippen molar-refractivity contribution < 1.29 is 14.0 Å². The fraction of sp³-hybridized carbons (Fsp3) is 0.364. The molecule has 1 saturated heterocycles. The number of alkyl halides is 2. The first-order valence-electron chi connectivity index (χ1n) is 5.63. The molecule has 1 aromatic rings. The normalized spacial score (nSPS) is 20.1. The van der Waals surface area contributed by atoms with E-state index in [9.17, 15) is 9.28 Å². The molecule has 0 radical (unpaired) electrons. The first-order chi connectivity index (χ1) is 9.45. The van der Waals surface area contributed by atoms with Gasteiger partial charge < -0.3 is 4.74 Å². The molecule has 1 aliphatic rings. The number of ether oxygens (including phenoxy) is 1. The van der Waals surface area contributed by atoms with E-state index in [0.717, 1.165) is 16.4 Å². The number of benzene rings is 1. The molecular formula is C11H12Cl2FN3O2S. The SMILES string of the molecule is COc1cccc(N2C(=O)N(F)N(SC(Cl)Cl)C2C)c1. The smallest absolute Gasteiger partial charge is 0.370 e. The summed E-state index contributed by atoms with van der Waals surface area (Å²) in [5.41, 5.74) is 0.522. The minimum absolute atomic E-state index is 0.00737. The summed E-state index contributed by atoms with van der Waals surface area (Å²) in [4.78, 5) is 13.3. The van der Waals surface area contributed by atoms with Crippen LogP contribution >= 0.6 is 35.1 Å². The predicted octanol–water partition coefficient (Wildman–Crippen LogP) is 3.79. The van der Waals surface area contributed by atoms with Crippen molar-refractivity contribution in [3.05, 3.63) is 24.3 Å². The summed E-state index contributed by atoms with van der Waals surface area (Å²) in [5, 5.41) is -0.00737. The van der Waals surface area contributed by atoms with Gasteiger partial charge in [0, 0.05) is 6.07 Å². The highest BCUT2D eigenvalue weighted by Gasteiger charge is 2.45. The number of hydrogen-bond donors (Lipinski definition) is 0. The van der Waals surface area contributed by atoms with E-state index in [1.54, 1.807) is 31.2 Å². The molecule has 0 saturated carbocycles. The molecule has 0 N–H and O–H groups in total. The molecule has 0 bridgehead atoms. The molecule has 1 heterocycles. The van der Waals surface area contributed by atoms with Crippen LogP contribution in [0.2, 0.25) is 0 Å². The van der Waals surface area contributed by atoms with Gasteiger partial charge in [-0.15, -0.1) is 4.41 Å². The maximum Gasteiger partial charge on any atom is 0.370 e. The maximum absolute atomic E-state index is 13.9. The Bertz CT molecular complexity index is 508. The first-order valence-corrected chi connectivity index (χ1v) is 7.34. The molecule has 20 heavy (non-hydrogen) atoms. The molecule has 1 aromatic carbocycles. The maximum atomic E-state index is 13.9. The Labute approximate surface area is 130 Å². The molecular weight excluding hydrogens is 328 g/mol. The summed E-state index contributed by atoms with van der Waals surface area (Å²) in [6, 6.07) is 5.99. The van der Waals surface area contributed by atoms with Crippen molar-refractivity contribution in [1.29, 1.82) is 0 Å².